The summed E-state index contributed by atoms with van der Waals surface area (Å²) in [5.74, 6) is -0.228. The Bertz CT molecular complexity index is 479. The van der Waals surface area contributed by atoms with Gasteiger partial charge in [-0.05, 0) is 26.6 Å². The standard InChI is InChI=1S/C12H17BN2O3S/c1-3-18-10(16)12(6-4-5-7-12)9-8-19-11(14-9)15-13(2)17/h4-5,8,17H,3,6-7H2,1-2H3,(H,14,15). The van der Waals surface area contributed by atoms with E-state index >= 15 is 0 Å². The lowest BCUT2D eigenvalue weighted by Gasteiger charge is -2.24. The average molecular weight is 280 g/mol. The quantitative estimate of drug-likeness (QED) is 0.489. The average Bonchev–Trinajstić information content (AvgIpc) is 2.97. The van der Waals surface area contributed by atoms with Gasteiger partial charge in [-0.25, -0.2) is 4.98 Å². The number of esters is 1. The van der Waals surface area contributed by atoms with Crippen LogP contribution >= 0.6 is 11.3 Å². The number of thiazole rings is 1. The van der Waals surface area contributed by atoms with E-state index in [0.29, 0.717) is 30.3 Å². The highest BCUT2D eigenvalue weighted by Crippen LogP contribution is 2.39. The minimum Gasteiger partial charge on any atom is -0.465 e. The Hall–Kier alpha value is -1.34. The molecule has 0 atom stereocenters. The number of hydrogen-bond acceptors (Lipinski definition) is 6. The molecule has 1 aliphatic rings. The van der Waals surface area contributed by atoms with E-state index in [1.165, 1.54) is 11.3 Å². The fraction of sp³-hybridized carbons (Fsp3) is 0.500. The van der Waals surface area contributed by atoms with Gasteiger partial charge in [-0.3, -0.25) is 4.79 Å². The predicted molar refractivity (Wildman–Crippen MR) is 76.3 cm³/mol. The predicted octanol–water partition coefficient (Wildman–Crippen LogP) is 1.82. The van der Waals surface area contributed by atoms with E-state index in [-0.39, 0.29) is 5.97 Å². The van der Waals surface area contributed by atoms with Gasteiger partial charge >= 0.3 is 13.0 Å². The van der Waals surface area contributed by atoms with Crippen LogP contribution in [0.2, 0.25) is 6.82 Å². The minimum atomic E-state index is -0.689. The number of nitrogens with zero attached hydrogens (tertiary/aromatic N) is 1. The van der Waals surface area contributed by atoms with E-state index < -0.39 is 12.5 Å². The molecule has 0 unspecified atom stereocenters. The van der Waals surface area contributed by atoms with Crippen molar-refractivity contribution in [3.63, 3.8) is 0 Å². The molecule has 0 aliphatic heterocycles. The van der Waals surface area contributed by atoms with Gasteiger partial charge in [0, 0.05) is 5.38 Å². The van der Waals surface area contributed by atoms with Crippen molar-refractivity contribution in [3.8, 4) is 0 Å². The molecule has 1 heterocycles. The largest absolute Gasteiger partial charge is 0.465 e. The molecule has 1 aromatic rings. The second kappa shape index (κ2) is 5.75. The van der Waals surface area contributed by atoms with Crippen LogP contribution in [0.5, 0.6) is 0 Å². The van der Waals surface area contributed by atoms with E-state index in [1.54, 1.807) is 13.7 Å². The number of carbonyl (C=O) groups is 1. The SMILES string of the molecule is CCOC(=O)C1(c2csc(NB(C)O)n2)CC=CC1. The Morgan fingerprint density at radius 3 is 2.89 bits per heavy atom. The fourth-order valence-corrected chi connectivity index (χ4v) is 3.03. The molecule has 0 bridgehead atoms. The molecule has 5 nitrogen and oxygen atoms in total. The van der Waals surface area contributed by atoms with Crippen molar-refractivity contribution in [1.29, 1.82) is 0 Å². The number of aromatic nitrogens is 1. The molecule has 1 aliphatic carbocycles. The number of rotatable bonds is 5. The van der Waals surface area contributed by atoms with Gasteiger partial charge in [0.15, 0.2) is 5.13 Å². The van der Waals surface area contributed by atoms with Crippen molar-refractivity contribution in [2.24, 2.45) is 0 Å². The van der Waals surface area contributed by atoms with Crippen LogP contribution in [-0.4, -0.2) is 29.6 Å². The molecule has 2 N–H and O–H groups in total. The third kappa shape index (κ3) is 2.82. The first-order valence-corrected chi connectivity index (χ1v) is 7.19. The van der Waals surface area contributed by atoms with Gasteiger partial charge in [0.25, 0.3) is 0 Å². The number of carbonyl (C=O) groups excluding carboxylic acids is 1. The monoisotopic (exact) mass is 280 g/mol. The third-order valence-electron chi connectivity index (χ3n) is 3.09. The molecule has 0 aromatic carbocycles. The molecule has 0 amide bonds. The first kappa shape index (κ1) is 14.1. The lowest BCUT2D eigenvalue weighted by Crippen LogP contribution is -2.35. The summed E-state index contributed by atoms with van der Waals surface area (Å²) in [5.41, 5.74) is 0.0228. The van der Waals surface area contributed by atoms with Gasteiger partial charge in [0.2, 0.25) is 0 Å². The van der Waals surface area contributed by atoms with Crippen molar-refractivity contribution in [2.45, 2.75) is 32.0 Å². The Morgan fingerprint density at radius 1 is 1.63 bits per heavy atom. The molecule has 2 rings (SSSR count). The van der Waals surface area contributed by atoms with E-state index in [0.717, 1.165) is 0 Å². The van der Waals surface area contributed by atoms with Crippen molar-refractivity contribution in [2.75, 3.05) is 11.8 Å². The summed E-state index contributed by atoms with van der Waals surface area (Å²) in [4.78, 5) is 16.6. The maximum atomic E-state index is 12.2. The van der Waals surface area contributed by atoms with Crippen LogP contribution in [0, 0.1) is 0 Å². The number of nitrogens with one attached hydrogen (secondary N) is 1. The van der Waals surface area contributed by atoms with Gasteiger partial charge in [-0.1, -0.05) is 12.2 Å². The Morgan fingerprint density at radius 2 is 2.32 bits per heavy atom. The zero-order valence-corrected chi connectivity index (χ0v) is 11.9. The summed E-state index contributed by atoms with van der Waals surface area (Å²) < 4.78 is 5.19. The van der Waals surface area contributed by atoms with Crippen LogP contribution in [0.3, 0.4) is 0 Å². The smallest absolute Gasteiger partial charge is 0.408 e. The summed E-state index contributed by atoms with van der Waals surface area (Å²) in [6, 6.07) is 0. The highest BCUT2D eigenvalue weighted by molar-refractivity contribution is 7.14. The van der Waals surface area contributed by atoms with Crippen LogP contribution in [-0.2, 0) is 14.9 Å². The molecule has 0 saturated heterocycles. The van der Waals surface area contributed by atoms with Crippen LogP contribution in [0.25, 0.3) is 0 Å². The minimum absolute atomic E-state index is 0.228. The first-order valence-electron chi connectivity index (χ1n) is 6.31. The summed E-state index contributed by atoms with van der Waals surface area (Å²) in [5, 5.41) is 14.6. The molecule has 19 heavy (non-hydrogen) atoms. The number of allylic oxidation sites excluding steroid dienone is 2. The van der Waals surface area contributed by atoms with E-state index in [1.807, 2.05) is 17.5 Å². The van der Waals surface area contributed by atoms with Gasteiger partial charge in [0.1, 0.15) is 5.41 Å². The molecule has 7 heteroatoms. The Kier molecular flexibility index (Phi) is 4.26. The van der Waals surface area contributed by atoms with E-state index in [4.69, 9.17) is 4.74 Å². The molecule has 1 aromatic heterocycles. The number of anilines is 1. The normalized spacial score (nSPS) is 16.4. The highest BCUT2D eigenvalue weighted by atomic mass is 32.1. The van der Waals surface area contributed by atoms with Gasteiger partial charge < -0.3 is 15.0 Å². The fourth-order valence-electron chi connectivity index (χ4n) is 2.14. The first-order chi connectivity index (χ1) is 9.08. The lowest BCUT2D eigenvalue weighted by atomic mass is 9.82. The Balaban J connectivity index is 2.24. The Labute approximate surface area is 116 Å². The highest BCUT2D eigenvalue weighted by Gasteiger charge is 2.44. The molecule has 0 fully saturated rings. The van der Waals surface area contributed by atoms with E-state index in [9.17, 15) is 9.82 Å². The lowest BCUT2D eigenvalue weighted by molar-refractivity contribution is -0.149. The molecule has 102 valence electrons. The summed E-state index contributed by atoms with van der Waals surface area (Å²) in [6.45, 7) is 3.79. The maximum absolute atomic E-state index is 12.2. The molecule has 0 radical (unpaired) electrons. The topological polar surface area (TPSA) is 71.5 Å². The van der Waals surface area contributed by atoms with Crippen molar-refractivity contribution in [3.05, 3.63) is 23.2 Å². The summed E-state index contributed by atoms with van der Waals surface area (Å²) >= 11 is 1.38. The van der Waals surface area contributed by atoms with Gasteiger partial charge in [0.05, 0.1) is 12.3 Å². The van der Waals surface area contributed by atoms with Crippen LogP contribution < -0.4 is 5.23 Å². The van der Waals surface area contributed by atoms with Crippen molar-refractivity contribution >= 4 is 29.5 Å². The van der Waals surface area contributed by atoms with Crippen molar-refractivity contribution < 1.29 is 14.6 Å². The molecule has 0 saturated carbocycles. The summed E-state index contributed by atoms with van der Waals surface area (Å²) in [7, 11) is -0.667. The van der Waals surface area contributed by atoms with E-state index in [2.05, 4.69) is 10.2 Å². The molecular formula is C12H17BN2O3S. The number of hydrogen-bond donors (Lipinski definition) is 2. The van der Waals surface area contributed by atoms with Gasteiger partial charge in [-0.2, -0.15) is 0 Å². The third-order valence-corrected chi connectivity index (χ3v) is 3.87. The second-order valence-electron chi connectivity index (χ2n) is 4.54. The van der Waals surface area contributed by atoms with Crippen molar-refractivity contribution in [1.82, 2.24) is 4.98 Å². The zero-order chi connectivity index (χ0) is 13.9. The maximum Gasteiger partial charge on any atom is 0.408 e. The van der Waals surface area contributed by atoms with Crippen LogP contribution in [0.1, 0.15) is 25.5 Å². The zero-order valence-electron chi connectivity index (χ0n) is 11.0. The van der Waals surface area contributed by atoms with Gasteiger partial charge in [-0.15, -0.1) is 11.3 Å². The van der Waals surface area contributed by atoms with Crippen LogP contribution in [0.4, 0.5) is 5.13 Å². The van der Waals surface area contributed by atoms with Crippen LogP contribution in [0.15, 0.2) is 17.5 Å². The molecule has 0 spiro atoms. The summed E-state index contributed by atoms with van der Waals surface area (Å²) in [6.07, 6.45) is 5.20. The number of ether oxygens (including phenoxy) is 1. The second-order valence-corrected chi connectivity index (χ2v) is 5.40. The molecular weight excluding hydrogens is 263 g/mol.